The second kappa shape index (κ2) is 6.81. The number of allylic oxidation sites excluding steroid dienone is 2. The van der Waals surface area contributed by atoms with E-state index in [0.717, 1.165) is 31.4 Å². The maximum absolute atomic E-state index is 13.9. The van der Waals surface area contributed by atoms with Crippen molar-refractivity contribution in [2.45, 2.75) is 45.4 Å². The van der Waals surface area contributed by atoms with E-state index in [1.165, 1.54) is 42.2 Å². The maximum Gasteiger partial charge on any atom is 0.149 e. The van der Waals surface area contributed by atoms with Crippen LogP contribution < -0.4 is 4.90 Å². The Kier molecular flexibility index (Phi) is 4.79. The van der Waals surface area contributed by atoms with Gasteiger partial charge in [-0.3, -0.25) is 0 Å². The van der Waals surface area contributed by atoms with Crippen LogP contribution in [0.15, 0.2) is 29.3 Å². The van der Waals surface area contributed by atoms with Gasteiger partial charge in [0.05, 0.1) is 0 Å². The second-order valence-electron chi connectivity index (χ2n) is 6.71. The Morgan fingerprint density at radius 1 is 1.09 bits per heavy atom. The minimum atomic E-state index is -0.496. The van der Waals surface area contributed by atoms with Gasteiger partial charge in [-0.05, 0) is 63.2 Å². The number of benzene rings is 1. The van der Waals surface area contributed by atoms with Crippen molar-refractivity contribution in [2.75, 3.05) is 18.0 Å². The van der Waals surface area contributed by atoms with Crippen molar-refractivity contribution < 1.29 is 8.78 Å². The van der Waals surface area contributed by atoms with Crippen LogP contribution in [0.4, 0.5) is 14.5 Å². The number of nitrogens with zero attached hydrogens (tertiary/aromatic N) is 1. The van der Waals surface area contributed by atoms with Crippen molar-refractivity contribution in [3.05, 3.63) is 41.0 Å². The molecule has 0 radical (unpaired) electrons. The zero-order chi connectivity index (χ0) is 16.4. The first kappa shape index (κ1) is 16.2. The number of para-hydroxylation sites is 1. The van der Waals surface area contributed by atoms with Gasteiger partial charge in [0, 0.05) is 24.7 Å². The van der Waals surface area contributed by atoms with Gasteiger partial charge in [-0.15, -0.1) is 0 Å². The summed E-state index contributed by atoms with van der Waals surface area (Å²) in [5.41, 5.74) is 3.47. The number of halogens is 2. The molecule has 0 bridgehead atoms. The topological polar surface area (TPSA) is 27.1 Å². The molecule has 23 heavy (non-hydrogen) atoms. The molecule has 4 heteroatoms. The predicted octanol–water partition coefficient (Wildman–Crippen LogP) is 5.09. The van der Waals surface area contributed by atoms with Crippen molar-refractivity contribution in [1.29, 1.82) is 5.41 Å². The van der Waals surface area contributed by atoms with E-state index < -0.39 is 11.6 Å². The van der Waals surface area contributed by atoms with Gasteiger partial charge in [0.25, 0.3) is 0 Å². The van der Waals surface area contributed by atoms with E-state index in [-0.39, 0.29) is 11.6 Å². The Bertz CT molecular complexity index is 608. The van der Waals surface area contributed by atoms with Crippen LogP contribution in [-0.2, 0) is 0 Å². The van der Waals surface area contributed by atoms with E-state index in [9.17, 15) is 8.78 Å². The highest BCUT2D eigenvalue weighted by atomic mass is 19.1. The lowest BCUT2D eigenvalue weighted by Crippen LogP contribution is -2.37. The Labute approximate surface area is 136 Å². The van der Waals surface area contributed by atoms with Crippen LogP contribution >= 0.6 is 0 Å². The first-order chi connectivity index (χ1) is 11.1. The zero-order valence-electron chi connectivity index (χ0n) is 13.7. The summed E-state index contributed by atoms with van der Waals surface area (Å²) < 4.78 is 27.8. The largest absolute Gasteiger partial charge is 0.367 e. The Balaban J connectivity index is 1.68. The van der Waals surface area contributed by atoms with Crippen molar-refractivity contribution >= 4 is 11.4 Å². The zero-order valence-corrected chi connectivity index (χ0v) is 13.7. The average Bonchev–Trinajstić information content (AvgIpc) is 2.55. The van der Waals surface area contributed by atoms with E-state index in [4.69, 9.17) is 5.41 Å². The third-order valence-electron chi connectivity index (χ3n) is 5.23. The predicted molar refractivity (Wildman–Crippen MR) is 90.2 cm³/mol. The average molecular weight is 318 g/mol. The van der Waals surface area contributed by atoms with Crippen LogP contribution in [0.3, 0.4) is 0 Å². The lowest BCUT2D eigenvalue weighted by Gasteiger charge is -2.35. The summed E-state index contributed by atoms with van der Waals surface area (Å²) in [5.74, 6) is -0.766. The van der Waals surface area contributed by atoms with Crippen LogP contribution in [0.5, 0.6) is 0 Å². The fourth-order valence-corrected chi connectivity index (χ4v) is 3.85. The van der Waals surface area contributed by atoms with Crippen molar-refractivity contribution in [1.82, 2.24) is 0 Å². The molecule has 1 saturated heterocycles. The SMILES string of the molecule is CC1=C(C(=N)C2CCN(c3c(F)cccc3F)CC2)CCCC1. The van der Waals surface area contributed by atoms with Gasteiger partial charge in [-0.25, -0.2) is 8.78 Å². The van der Waals surface area contributed by atoms with E-state index in [0.29, 0.717) is 13.1 Å². The highest BCUT2D eigenvalue weighted by molar-refractivity contribution is 6.00. The highest BCUT2D eigenvalue weighted by Crippen LogP contribution is 2.32. The van der Waals surface area contributed by atoms with Gasteiger partial charge in [0.15, 0.2) is 0 Å². The molecule has 2 nitrogen and oxygen atoms in total. The molecular formula is C19H24F2N2. The molecule has 0 atom stereocenters. The highest BCUT2D eigenvalue weighted by Gasteiger charge is 2.28. The van der Waals surface area contributed by atoms with Gasteiger partial charge in [0.2, 0.25) is 0 Å². The van der Waals surface area contributed by atoms with Gasteiger partial charge in [-0.2, -0.15) is 0 Å². The number of anilines is 1. The Morgan fingerprint density at radius 2 is 1.70 bits per heavy atom. The lowest BCUT2D eigenvalue weighted by molar-refractivity contribution is 0.480. The van der Waals surface area contributed by atoms with Gasteiger partial charge in [-0.1, -0.05) is 11.6 Å². The van der Waals surface area contributed by atoms with Crippen LogP contribution in [-0.4, -0.2) is 18.8 Å². The molecule has 2 aliphatic rings. The van der Waals surface area contributed by atoms with Gasteiger partial charge in [0.1, 0.15) is 17.3 Å². The molecule has 0 spiro atoms. The number of rotatable bonds is 3. The standard InChI is InChI=1S/C19H24F2N2/c1-13-5-2-3-6-15(13)18(22)14-9-11-23(12-10-14)19-16(20)7-4-8-17(19)21/h4,7-8,14,22H,2-3,5-6,9-12H2,1H3. The fourth-order valence-electron chi connectivity index (χ4n) is 3.85. The number of hydrogen-bond donors (Lipinski definition) is 1. The molecular weight excluding hydrogens is 294 g/mol. The summed E-state index contributed by atoms with van der Waals surface area (Å²) >= 11 is 0. The third kappa shape index (κ3) is 3.31. The summed E-state index contributed by atoms with van der Waals surface area (Å²) in [6.45, 7) is 3.36. The Morgan fingerprint density at radius 3 is 2.30 bits per heavy atom. The second-order valence-corrected chi connectivity index (χ2v) is 6.71. The van der Waals surface area contributed by atoms with E-state index in [2.05, 4.69) is 6.92 Å². The Hall–Kier alpha value is -1.71. The molecule has 1 heterocycles. The minimum absolute atomic E-state index is 0.0885. The summed E-state index contributed by atoms with van der Waals surface area (Å²) in [5, 5.41) is 8.54. The van der Waals surface area contributed by atoms with Crippen LogP contribution in [0.25, 0.3) is 0 Å². The molecule has 124 valence electrons. The molecule has 0 aromatic heterocycles. The third-order valence-corrected chi connectivity index (χ3v) is 5.23. The maximum atomic E-state index is 13.9. The number of nitrogens with one attached hydrogen (secondary N) is 1. The van der Waals surface area contributed by atoms with Crippen molar-refractivity contribution in [2.24, 2.45) is 5.92 Å². The smallest absolute Gasteiger partial charge is 0.149 e. The van der Waals surface area contributed by atoms with Crippen LogP contribution in [0.1, 0.15) is 45.4 Å². The van der Waals surface area contributed by atoms with Crippen molar-refractivity contribution in [3.8, 4) is 0 Å². The molecule has 1 N–H and O–H groups in total. The number of piperidine rings is 1. The lowest BCUT2D eigenvalue weighted by atomic mass is 9.81. The van der Waals surface area contributed by atoms with E-state index in [1.807, 2.05) is 0 Å². The summed E-state index contributed by atoms with van der Waals surface area (Å²) in [6, 6.07) is 4.01. The molecule has 1 fully saturated rings. The minimum Gasteiger partial charge on any atom is -0.367 e. The quantitative estimate of drug-likeness (QED) is 0.772. The molecule has 1 aromatic carbocycles. The first-order valence-corrected chi connectivity index (χ1v) is 8.54. The van der Waals surface area contributed by atoms with Crippen LogP contribution in [0, 0.1) is 23.0 Å². The molecule has 1 aromatic rings. The van der Waals surface area contributed by atoms with Gasteiger partial charge < -0.3 is 10.3 Å². The first-order valence-electron chi connectivity index (χ1n) is 8.54. The molecule has 1 aliphatic carbocycles. The molecule has 0 saturated carbocycles. The monoisotopic (exact) mass is 318 g/mol. The summed E-state index contributed by atoms with van der Waals surface area (Å²) in [7, 11) is 0. The molecule has 3 rings (SSSR count). The molecule has 1 aliphatic heterocycles. The van der Waals surface area contributed by atoms with Crippen molar-refractivity contribution in [3.63, 3.8) is 0 Å². The van der Waals surface area contributed by atoms with E-state index >= 15 is 0 Å². The number of hydrogen-bond acceptors (Lipinski definition) is 2. The fraction of sp³-hybridized carbons (Fsp3) is 0.526. The van der Waals surface area contributed by atoms with E-state index in [1.54, 1.807) is 4.90 Å². The van der Waals surface area contributed by atoms with Crippen LogP contribution in [0.2, 0.25) is 0 Å². The molecule has 0 unspecified atom stereocenters. The normalized spacial score (nSPS) is 20.0. The summed E-state index contributed by atoms with van der Waals surface area (Å²) in [4.78, 5) is 1.79. The van der Waals surface area contributed by atoms with Gasteiger partial charge >= 0.3 is 0 Å². The molecule has 0 amide bonds. The summed E-state index contributed by atoms with van der Waals surface area (Å²) in [6.07, 6.45) is 6.12.